The van der Waals surface area contributed by atoms with Gasteiger partial charge in [-0.25, -0.2) is 0 Å². The molecule has 0 unspecified atom stereocenters. The molecule has 5 heteroatoms. The van der Waals surface area contributed by atoms with Crippen LogP contribution in [-0.2, 0) is 0 Å². The maximum Gasteiger partial charge on any atom is 0.193 e. The van der Waals surface area contributed by atoms with Crippen molar-refractivity contribution in [3.05, 3.63) is 59.2 Å². The SMILES string of the molecule is COc1cc(O)c(C(=O)/C=C/c2ccc(O)cc2)c2c1C=CC(C)(C)O2. The number of ketones is 1. The number of rotatable bonds is 4. The van der Waals surface area contributed by atoms with E-state index >= 15 is 0 Å². The number of carbonyl (C=O) groups excluding carboxylic acids is 1. The Morgan fingerprint density at radius 2 is 1.88 bits per heavy atom. The second-order valence-electron chi connectivity index (χ2n) is 6.54. The Kier molecular flexibility index (Phi) is 4.47. The molecule has 0 aliphatic carbocycles. The van der Waals surface area contributed by atoms with E-state index in [2.05, 4.69) is 0 Å². The van der Waals surface area contributed by atoms with Gasteiger partial charge < -0.3 is 19.7 Å². The Hall–Kier alpha value is -3.21. The monoisotopic (exact) mass is 352 g/mol. The van der Waals surface area contributed by atoms with Gasteiger partial charge in [0.25, 0.3) is 0 Å². The van der Waals surface area contributed by atoms with E-state index in [1.165, 1.54) is 31.4 Å². The first-order chi connectivity index (χ1) is 12.3. The molecule has 0 atom stereocenters. The highest BCUT2D eigenvalue weighted by molar-refractivity contribution is 6.11. The summed E-state index contributed by atoms with van der Waals surface area (Å²) in [5.74, 6) is 0.295. The van der Waals surface area contributed by atoms with E-state index in [1.807, 2.05) is 26.0 Å². The first-order valence-electron chi connectivity index (χ1n) is 8.14. The number of phenols is 2. The standard InChI is InChI=1S/C21H20O5/c1-21(2)11-10-15-18(25-3)12-17(24)19(20(15)26-21)16(23)9-6-13-4-7-14(22)8-5-13/h4-12,22,24H,1-3H3/b9-6+. The lowest BCUT2D eigenvalue weighted by Crippen LogP contribution is -2.28. The maximum atomic E-state index is 12.7. The Morgan fingerprint density at radius 3 is 2.54 bits per heavy atom. The van der Waals surface area contributed by atoms with E-state index in [0.717, 1.165) is 5.56 Å². The largest absolute Gasteiger partial charge is 0.508 e. The van der Waals surface area contributed by atoms with Gasteiger partial charge in [-0.1, -0.05) is 18.2 Å². The van der Waals surface area contributed by atoms with Crippen LogP contribution in [0.15, 0.2) is 42.5 Å². The van der Waals surface area contributed by atoms with E-state index in [1.54, 1.807) is 18.2 Å². The van der Waals surface area contributed by atoms with Crippen molar-refractivity contribution >= 4 is 17.9 Å². The second-order valence-corrected chi connectivity index (χ2v) is 6.54. The summed E-state index contributed by atoms with van der Waals surface area (Å²) in [5.41, 5.74) is 0.847. The van der Waals surface area contributed by atoms with Gasteiger partial charge in [0.1, 0.15) is 34.2 Å². The number of hydrogen-bond acceptors (Lipinski definition) is 5. The van der Waals surface area contributed by atoms with E-state index < -0.39 is 5.60 Å². The van der Waals surface area contributed by atoms with Crippen molar-refractivity contribution in [3.8, 4) is 23.0 Å². The summed E-state index contributed by atoms with van der Waals surface area (Å²) in [4.78, 5) is 12.7. The predicted molar refractivity (Wildman–Crippen MR) is 99.9 cm³/mol. The van der Waals surface area contributed by atoms with Crippen molar-refractivity contribution < 1.29 is 24.5 Å². The molecule has 5 nitrogen and oxygen atoms in total. The zero-order chi connectivity index (χ0) is 18.9. The van der Waals surface area contributed by atoms with Crippen LogP contribution in [0.3, 0.4) is 0 Å². The average Bonchev–Trinajstić information content (AvgIpc) is 2.59. The molecule has 2 N–H and O–H groups in total. The van der Waals surface area contributed by atoms with Crippen LogP contribution < -0.4 is 9.47 Å². The van der Waals surface area contributed by atoms with Crippen LogP contribution in [0.1, 0.15) is 35.3 Å². The van der Waals surface area contributed by atoms with Gasteiger partial charge in [0.05, 0.1) is 12.7 Å². The number of methoxy groups -OCH3 is 1. The van der Waals surface area contributed by atoms with Gasteiger partial charge >= 0.3 is 0 Å². The molecule has 0 fully saturated rings. The van der Waals surface area contributed by atoms with Crippen LogP contribution in [0, 0.1) is 0 Å². The summed E-state index contributed by atoms with van der Waals surface area (Å²) in [6.07, 6.45) is 6.68. The van der Waals surface area contributed by atoms with Gasteiger partial charge in [0, 0.05) is 6.07 Å². The molecule has 1 heterocycles. The van der Waals surface area contributed by atoms with E-state index in [-0.39, 0.29) is 22.8 Å². The molecule has 1 aliphatic rings. The molecule has 2 aromatic carbocycles. The molecular formula is C21H20O5. The number of phenolic OH excluding ortho intramolecular Hbond substituents is 2. The Bertz CT molecular complexity index is 905. The minimum atomic E-state index is -0.610. The quantitative estimate of drug-likeness (QED) is 0.637. The van der Waals surface area contributed by atoms with Crippen LogP contribution in [0.25, 0.3) is 12.2 Å². The third-order valence-corrected chi connectivity index (χ3v) is 4.06. The number of aromatic hydroxyl groups is 2. The van der Waals surface area contributed by atoms with Gasteiger partial charge in [0.15, 0.2) is 5.78 Å². The Labute approximate surface area is 151 Å². The topological polar surface area (TPSA) is 76.0 Å². The first kappa shape index (κ1) is 17.6. The highest BCUT2D eigenvalue weighted by Gasteiger charge is 2.30. The number of benzene rings is 2. The number of carbonyl (C=O) groups is 1. The first-order valence-corrected chi connectivity index (χ1v) is 8.14. The highest BCUT2D eigenvalue weighted by Crippen LogP contribution is 2.44. The summed E-state index contributed by atoms with van der Waals surface area (Å²) in [5, 5.41) is 19.7. The Morgan fingerprint density at radius 1 is 1.19 bits per heavy atom. The van der Waals surface area contributed by atoms with Crippen LogP contribution in [0.5, 0.6) is 23.0 Å². The molecule has 0 aromatic heterocycles. The zero-order valence-corrected chi connectivity index (χ0v) is 14.8. The summed E-state index contributed by atoms with van der Waals surface area (Å²) in [7, 11) is 1.49. The van der Waals surface area contributed by atoms with Crippen molar-refractivity contribution in [3.63, 3.8) is 0 Å². The third-order valence-electron chi connectivity index (χ3n) is 4.06. The average molecular weight is 352 g/mol. The van der Waals surface area contributed by atoms with Crippen LogP contribution >= 0.6 is 0 Å². The molecule has 1 aliphatic heterocycles. The fourth-order valence-electron chi connectivity index (χ4n) is 2.73. The highest BCUT2D eigenvalue weighted by atomic mass is 16.5. The van der Waals surface area contributed by atoms with Crippen molar-refractivity contribution in [1.29, 1.82) is 0 Å². The minimum Gasteiger partial charge on any atom is -0.508 e. The molecule has 0 saturated heterocycles. The molecule has 0 radical (unpaired) electrons. The van der Waals surface area contributed by atoms with Gasteiger partial charge in [-0.15, -0.1) is 0 Å². The molecule has 0 saturated carbocycles. The van der Waals surface area contributed by atoms with E-state index in [4.69, 9.17) is 9.47 Å². The van der Waals surface area contributed by atoms with Crippen molar-refractivity contribution in [1.82, 2.24) is 0 Å². The molecule has 0 spiro atoms. The van der Waals surface area contributed by atoms with Crippen molar-refractivity contribution in [2.24, 2.45) is 0 Å². The maximum absolute atomic E-state index is 12.7. The van der Waals surface area contributed by atoms with Gasteiger partial charge in [-0.05, 0) is 49.8 Å². The normalized spacial score (nSPS) is 14.7. The summed E-state index contributed by atoms with van der Waals surface area (Å²) >= 11 is 0. The van der Waals surface area contributed by atoms with Gasteiger partial charge in [0.2, 0.25) is 0 Å². The molecule has 134 valence electrons. The smallest absolute Gasteiger partial charge is 0.193 e. The van der Waals surface area contributed by atoms with E-state index in [9.17, 15) is 15.0 Å². The van der Waals surface area contributed by atoms with Gasteiger partial charge in [-0.2, -0.15) is 0 Å². The molecular weight excluding hydrogens is 332 g/mol. The number of fused-ring (bicyclic) bond motifs is 1. The molecule has 0 amide bonds. The molecule has 0 bridgehead atoms. The van der Waals surface area contributed by atoms with E-state index in [0.29, 0.717) is 17.1 Å². The summed E-state index contributed by atoms with van der Waals surface area (Å²) in [6, 6.07) is 7.85. The predicted octanol–water partition coefficient (Wildman–Crippen LogP) is 4.19. The number of ether oxygens (including phenoxy) is 2. The molecule has 3 rings (SSSR count). The summed E-state index contributed by atoms with van der Waals surface area (Å²) < 4.78 is 11.2. The molecule has 2 aromatic rings. The van der Waals surface area contributed by atoms with Crippen LogP contribution in [-0.4, -0.2) is 28.7 Å². The van der Waals surface area contributed by atoms with Gasteiger partial charge in [-0.3, -0.25) is 4.79 Å². The number of hydrogen-bond donors (Lipinski definition) is 2. The minimum absolute atomic E-state index is 0.0910. The molecule has 26 heavy (non-hydrogen) atoms. The van der Waals surface area contributed by atoms with Crippen molar-refractivity contribution in [2.45, 2.75) is 19.4 Å². The lowest BCUT2D eigenvalue weighted by atomic mass is 9.96. The fourth-order valence-corrected chi connectivity index (χ4v) is 2.73. The van der Waals surface area contributed by atoms with Crippen LogP contribution in [0.2, 0.25) is 0 Å². The summed E-state index contributed by atoms with van der Waals surface area (Å²) in [6.45, 7) is 3.73. The van der Waals surface area contributed by atoms with Crippen LogP contribution in [0.4, 0.5) is 0 Å². The number of allylic oxidation sites excluding steroid dienone is 1. The zero-order valence-electron chi connectivity index (χ0n) is 14.8. The lowest BCUT2D eigenvalue weighted by molar-refractivity contribution is 0.103. The van der Waals surface area contributed by atoms with Crippen molar-refractivity contribution in [2.75, 3.05) is 7.11 Å². The Balaban J connectivity index is 2.03. The third kappa shape index (κ3) is 3.42. The fraction of sp³-hybridized carbons (Fsp3) is 0.190. The second kappa shape index (κ2) is 6.59. The lowest BCUT2D eigenvalue weighted by Gasteiger charge is -2.30.